The Labute approximate surface area is 130 Å². The number of carbonyl (C=O) groups excluding carboxylic acids is 2. The third-order valence-corrected chi connectivity index (χ3v) is 4.29. The smallest absolute Gasteiger partial charge is 0.246 e. The van der Waals surface area contributed by atoms with Crippen LogP contribution in [0.4, 0.5) is 11.4 Å². The summed E-state index contributed by atoms with van der Waals surface area (Å²) in [6, 6.07) is 4.00. The van der Waals surface area contributed by atoms with E-state index in [1.54, 1.807) is 9.80 Å². The SMILES string of the molecule is Cc1cc2c(cc1C)N(CC(=O)N1CCOCC1)C(=O)CN2. The number of nitrogens with one attached hydrogen (secondary N) is 1. The third-order valence-electron chi connectivity index (χ3n) is 4.29. The summed E-state index contributed by atoms with van der Waals surface area (Å²) in [6.07, 6.45) is 0. The monoisotopic (exact) mass is 303 g/mol. The van der Waals surface area contributed by atoms with E-state index in [2.05, 4.69) is 5.32 Å². The molecule has 0 unspecified atom stereocenters. The fourth-order valence-corrected chi connectivity index (χ4v) is 2.79. The normalized spacial score (nSPS) is 18.0. The van der Waals surface area contributed by atoms with Crippen LogP contribution in [0.15, 0.2) is 12.1 Å². The van der Waals surface area contributed by atoms with Crippen LogP contribution in [0.2, 0.25) is 0 Å². The Bertz CT molecular complexity index is 609. The molecule has 1 N–H and O–H groups in total. The van der Waals surface area contributed by atoms with Crippen molar-refractivity contribution in [3.8, 4) is 0 Å². The molecule has 1 aromatic rings. The van der Waals surface area contributed by atoms with E-state index in [9.17, 15) is 9.59 Å². The Morgan fingerprint density at radius 1 is 1.23 bits per heavy atom. The molecular formula is C16H21N3O3. The van der Waals surface area contributed by atoms with E-state index in [1.807, 2.05) is 26.0 Å². The van der Waals surface area contributed by atoms with Crippen molar-refractivity contribution in [2.75, 3.05) is 49.6 Å². The number of fused-ring (bicyclic) bond motifs is 1. The van der Waals surface area contributed by atoms with E-state index in [4.69, 9.17) is 4.74 Å². The van der Waals surface area contributed by atoms with Crippen LogP contribution in [0.3, 0.4) is 0 Å². The van der Waals surface area contributed by atoms with Crippen LogP contribution in [0.1, 0.15) is 11.1 Å². The van der Waals surface area contributed by atoms with Gasteiger partial charge in [-0.1, -0.05) is 0 Å². The van der Waals surface area contributed by atoms with Crippen LogP contribution in [-0.2, 0) is 14.3 Å². The number of amides is 2. The molecule has 0 saturated carbocycles. The van der Waals surface area contributed by atoms with E-state index in [-0.39, 0.29) is 24.9 Å². The minimum atomic E-state index is -0.0719. The van der Waals surface area contributed by atoms with Crippen LogP contribution in [0.5, 0.6) is 0 Å². The molecule has 0 spiro atoms. The van der Waals surface area contributed by atoms with Crippen molar-refractivity contribution in [3.63, 3.8) is 0 Å². The summed E-state index contributed by atoms with van der Waals surface area (Å²) in [5.41, 5.74) is 3.98. The van der Waals surface area contributed by atoms with Gasteiger partial charge in [0.15, 0.2) is 0 Å². The molecule has 0 bridgehead atoms. The van der Waals surface area contributed by atoms with Crippen molar-refractivity contribution in [3.05, 3.63) is 23.3 Å². The highest BCUT2D eigenvalue weighted by molar-refractivity contribution is 6.06. The number of anilines is 2. The fraction of sp³-hybridized carbons (Fsp3) is 0.500. The highest BCUT2D eigenvalue weighted by Gasteiger charge is 2.28. The minimum Gasteiger partial charge on any atom is -0.378 e. The molecule has 22 heavy (non-hydrogen) atoms. The fourth-order valence-electron chi connectivity index (χ4n) is 2.79. The average molecular weight is 303 g/mol. The van der Waals surface area contributed by atoms with Gasteiger partial charge >= 0.3 is 0 Å². The van der Waals surface area contributed by atoms with Crippen molar-refractivity contribution in [1.82, 2.24) is 4.90 Å². The molecule has 118 valence electrons. The number of carbonyl (C=O) groups is 2. The molecule has 1 aromatic carbocycles. The Kier molecular flexibility index (Phi) is 4.02. The number of hydrogen-bond donors (Lipinski definition) is 1. The van der Waals surface area contributed by atoms with Crippen molar-refractivity contribution in [1.29, 1.82) is 0 Å². The van der Waals surface area contributed by atoms with E-state index in [1.165, 1.54) is 5.56 Å². The number of nitrogens with zero attached hydrogens (tertiary/aromatic N) is 2. The summed E-state index contributed by atoms with van der Waals surface area (Å²) in [5, 5.41) is 3.13. The van der Waals surface area contributed by atoms with Gasteiger partial charge in [-0.3, -0.25) is 14.5 Å². The molecule has 2 aliphatic heterocycles. The van der Waals surface area contributed by atoms with E-state index >= 15 is 0 Å². The largest absolute Gasteiger partial charge is 0.378 e. The van der Waals surface area contributed by atoms with Gasteiger partial charge in [-0.2, -0.15) is 0 Å². The van der Waals surface area contributed by atoms with Gasteiger partial charge in [-0.15, -0.1) is 0 Å². The lowest BCUT2D eigenvalue weighted by Crippen LogP contribution is -2.49. The molecule has 0 atom stereocenters. The molecule has 2 aliphatic rings. The molecule has 0 aliphatic carbocycles. The van der Waals surface area contributed by atoms with Gasteiger partial charge in [0.2, 0.25) is 11.8 Å². The van der Waals surface area contributed by atoms with Crippen LogP contribution >= 0.6 is 0 Å². The molecule has 0 aromatic heterocycles. The molecule has 6 heteroatoms. The molecule has 6 nitrogen and oxygen atoms in total. The van der Waals surface area contributed by atoms with Gasteiger partial charge in [0.1, 0.15) is 6.54 Å². The lowest BCUT2D eigenvalue weighted by atomic mass is 10.1. The number of ether oxygens (including phenoxy) is 1. The predicted octanol–water partition coefficient (Wildman–Crippen LogP) is 0.921. The molecular weight excluding hydrogens is 282 g/mol. The number of morpholine rings is 1. The third kappa shape index (κ3) is 2.78. The molecule has 1 fully saturated rings. The lowest BCUT2D eigenvalue weighted by molar-refractivity contribution is -0.134. The summed E-state index contributed by atoms with van der Waals surface area (Å²) in [4.78, 5) is 28.0. The molecule has 3 rings (SSSR count). The van der Waals surface area contributed by atoms with Gasteiger partial charge in [0.25, 0.3) is 0 Å². The number of benzene rings is 1. The second-order valence-electron chi connectivity index (χ2n) is 5.78. The Morgan fingerprint density at radius 3 is 2.64 bits per heavy atom. The summed E-state index contributed by atoms with van der Waals surface area (Å²) >= 11 is 0. The van der Waals surface area contributed by atoms with Crippen molar-refractivity contribution in [2.24, 2.45) is 0 Å². The maximum absolute atomic E-state index is 12.4. The average Bonchev–Trinajstić information content (AvgIpc) is 2.53. The first-order chi connectivity index (χ1) is 10.6. The predicted molar refractivity (Wildman–Crippen MR) is 84.2 cm³/mol. The van der Waals surface area contributed by atoms with E-state index in [0.717, 1.165) is 16.9 Å². The minimum absolute atomic E-state index is 0.0253. The summed E-state index contributed by atoms with van der Waals surface area (Å²) in [6.45, 7) is 6.69. The van der Waals surface area contributed by atoms with Gasteiger partial charge in [0.05, 0.1) is 31.1 Å². The van der Waals surface area contributed by atoms with Gasteiger partial charge in [0, 0.05) is 13.1 Å². The van der Waals surface area contributed by atoms with Gasteiger partial charge in [-0.05, 0) is 37.1 Å². The number of rotatable bonds is 2. The summed E-state index contributed by atoms with van der Waals surface area (Å²) in [5.74, 6) is -0.0971. The first-order valence-electron chi connectivity index (χ1n) is 7.57. The van der Waals surface area contributed by atoms with Crippen molar-refractivity contribution in [2.45, 2.75) is 13.8 Å². The van der Waals surface area contributed by atoms with Crippen molar-refractivity contribution < 1.29 is 14.3 Å². The Hall–Kier alpha value is -2.08. The second-order valence-corrected chi connectivity index (χ2v) is 5.78. The molecule has 0 radical (unpaired) electrons. The summed E-state index contributed by atoms with van der Waals surface area (Å²) < 4.78 is 5.26. The Morgan fingerprint density at radius 2 is 1.91 bits per heavy atom. The first kappa shape index (κ1) is 14.8. The highest BCUT2D eigenvalue weighted by Crippen LogP contribution is 2.32. The standard InChI is InChI=1S/C16H21N3O3/c1-11-7-13-14(8-12(11)2)19(15(20)9-17-13)10-16(21)18-3-5-22-6-4-18/h7-8,17H,3-6,9-10H2,1-2H3. The molecule has 1 saturated heterocycles. The Balaban J connectivity index is 1.82. The van der Waals surface area contributed by atoms with E-state index in [0.29, 0.717) is 26.3 Å². The van der Waals surface area contributed by atoms with Crippen LogP contribution < -0.4 is 10.2 Å². The highest BCUT2D eigenvalue weighted by atomic mass is 16.5. The first-order valence-corrected chi connectivity index (χ1v) is 7.57. The number of hydrogen-bond acceptors (Lipinski definition) is 4. The zero-order chi connectivity index (χ0) is 15.7. The maximum Gasteiger partial charge on any atom is 0.246 e. The van der Waals surface area contributed by atoms with Crippen molar-refractivity contribution >= 4 is 23.2 Å². The lowest BCUT2D eigenvalue weighted by Gasteiger charge is -2.33. The quantitative estimate of drug-likeness (QED) is 0.882. The zero-order valence-corrected chi connectivity index (χ0v) is 13.0. The van der Waals surface area contributed by atoms with Crippen LogP contribution in [0, 0.1) is 13.8 Å². The topological polar surface area (TPSA) is 61.9 Å². The maximum atomic E-state index is 12.4. The second kappa shape index (κ2) is 5.96. The van der Waals surface area contributed by atoms with Gasteiger partial charge in [-0.25, -0.2) is 0 Å². The van der Waals surface area contributed by atoms with Crippen LogP contribution in [0.25, 0.3) is 0 Å². The van der Waals surface area contributed by atoms with Gasteiger partial charge < -0.3 is 15.0 Å². The van der Waals surface area contributed by atoms with E-state index < -0.39 is 0 Å². The molecule has 2 amide bonds. The number of aryl methyl sites for hydroxylation is 2. The van der Waals surface area contributed by atoms with Crippen LogP contribution in [-0.4, -0.2) is 56.1 Å². The summed E-state index contributed by atoms with van der Waals surface area (Å²) in [7, 11) is 0. The molecule has 2 heterocycles. The zero-order valence-electron chi connectivity index (χ0n) is 13.0.